The average Bonchev–Trinajstić information content (AvgIpc) is 3.13. The van der Waals surface area contributed by atoms with Crippen LogP contribution < -0.4 is 21.0 Å². The van der Waals surface area contributed by atoms with Crippen molar-refractivity contribution in [3.05, 3.63) is 62.7 Å². The summed E-state index contributed by atoms with van der Waals surface area (Å²) in [5, 5.41) is 26.1. The van der Waals surface area contributed by atoms with Gasteiger partial charge in [-0.25, -0.2) is 9.36 Å². The molecule has 1 aromatic heterocycles. The van der Waals surface area contributed by atoms with Crippen LogP contribution in [0, 0.1) is 3.57 Å². The van der Waals surface area contributed by atoms with Crippen molar-refractivity contribution >= 4 is 52.9 Å². The lowest BCUT2D eigenvalue weighted by molar-refractivity contribution is -0.149. The molecule has 2 aromatic carbocycles. The van der Waals surface area contributed by atoms with Crippen LogP contribution in [0.25, 0.3) is 10.8 Å². The Morgan fingerprint density at radius 1 is 1.27 bits per heavy atom. The quantitative estimate of drug-likeness (QED) is 0.138. The molecule has 5 N–H and O–H groups in total. The van der Waals surface area contributed by atoms with Crippen molar-refractivity contribution in [2.45, 2.75) is 63.9 Å². The average molecular weight is 702 g/mol. The van der Waals surface area contributed by atoms with E-state index in [1.54, 1.807) is 38.1 Å². The number of aromatic nitrogens is 2. The molecule has 41 heavy (non-hydrogen) atoms. The number of nitrogens with zero attached hydrogens (tertiary/aromatic N) is 2. The van der Waals surface area contributed by atoms with Gasteiger partial charge in [-0.2, -0.15) is 10.1 Å². The zero-order chi connectivity index (χ0) is 30.1. The van der Waals surface area contributed by atoms with Crippen molar-refractivity contribution < 1.29 is 38.1 Å². The zero-order valence-corrected chi connectivity index (χ0v) is 25.8. The Kier molecular flexibility index (Phi) is 9.43. The molecule has 4 rings (SSSR count). The first-order valence-corrected chi connectivity index (χ1v) is 15.3. The summed E-state index contributed by atoms with van der Waals surface area (Å²) in [7, 11) is -4.36. The number of nitrogens with one attached hydrogen (secondary N) is 1. The fourth-order valence-corrected chi connectivity index (χ4v) is 6.24. The molecule has 0 spiro atoms. The lowest BCUT2D eigenvalue weighted by Gasteiger charge is -2.27. The Morgan fingerprint density at radius 2 is 1.95 bits per heavy atom. The molecule has 15 heteroatoms. The Hall–Kier alpha value is -2.59. The molecule has 0 bridgehead atoms. The third-order valence-corrected chi connectivity index (χ3v) is 8.84. The van der Waals surface area contributed by atoms with Crippen molar-refractivity contribution in [1.29, 1.82) is 0 Å². The van der Waals surface area contributed by atoms with Crippen molar-refractivity contribution in [3.63, 3.8) is 0 Å². The first kappa shape index (κ1) is 31.3. The highest BCUT2D eigenvalue weighted by Crippen LogP contribution is 2.48. The summed E-state index contributed by atoms with van der Waals surface area (Å²) >= 11 is 1.87. The minimum atomic E-state index is -4.36. The van der Waals surface area contributed by atoms with E-state index in [1.807, 2.05) is 40.8 Å². The van der Waals surface area contributed by atoms with Gasteiger partial charge in [-0.15, -0.1) is 0 Å². The molecule has 0 saturated carbocycles. The highest BCUT2D eigenvalue weighted by molar-refractivity contribution is 14.1. The number of carbonyl (C=O) groups excluding carboxylic acids is 1. The second-order valence-electron chi connectivity index (χ2n) is 10.1. The van der Waals surface area contributed by atoms with E-state index in [4.69, 9.17) is 24.3 Å². The minimum Gasteiger partial charge on any atom is -0.462 e. The Morgan fingerprint density at radius 3 is 2.66 bits per heavy atom. The topological polar surface area (TPSA) is 184 Å². The second-order valence-corrected chi connectivity index (χ2v) is 12.9. The number of carbonyl (C=O) groups is 1. The number of hydrogen-bond donors (Lipinski definition) is 4. The second kappa shape index (κ2) is 12.3. The molecule has 2 unspecified atom stereocenters. The number of hydrogen-bond acceptors (Lipinski definition) is 11. The highest BCUT2D eigenvalue weighted by Gasteiger charge is 2.54. The smallest absolute Gasteiger partial charge is 0.459 e. The predicted molar refractivity (Wildman–Crippen MR) is 158 cm³/mol. The van der Waals surface area contributed by atoms with Crippen LogP contribution in [0.4, 0.5) is 5.82 Å². The molecule has 2 heterocycles. The molecule has 13 nitrogen and oxygen atoms in total. The van der Waals surface area contributed by atoms with Gasteiger partial charge in [0.25, 0.3) is 0 Å². The molecule has 0 aliphatic carbocycles. The van der Waals surface area contributed by atoms with E-state index in [9.17, 15) is 24.4 Å². The summed E-state index contributed by atoms with van der Waals surface area (Å²) in [5.74, 6) is -0.460. The van der Waals surface area contributed by atoms with Gasteiger partial charge in [0.1, 0.15) is 35.4 Å². The molecule has 0 radical (unpaired) electrons. The van der Waals surface area contributed by atoms with E-state index in [-0.39, 0.29) is 11.6 Å². The Balaban J connectivity index is 1.60. The summed E-state index contributed by atoms with van der Waals surface area (Å²) in [6.45, 7) is 5.53. The summed E-state index contributed by atoms with van der Waals surface area (Å²) in [4.78, 5) is 28.7. The van der Waals surface area contributed by atoms with E-state index in [0.717, 1.165) is 9.95 Å². The first-order chi connectivity index (χ1) is 19.2. The standard InChI is InChI=1S/C26H32IN4O9P/c1-14(2)38-23(33)15(3)30-41(36,40-19-11-7-9-16-8-5-6-10-17(16)19)37-13-20-21(32)26(4,35)24(39-20)31-12-18(27)22(28)29-25(31)34/h5-12,14-15,20-21,24,32,35H,13H2,1-4H3,(H,30,36)(H2,28,29,34)/t15-,20-,21-,24?,26-,41?/m1/s1. The monoisotopic (exact) mass is 702 g/mol. The van der Waals surface area contributed by atoms with Gasteiger partial charge in [0.2, 0.25) is 0 Å². The van der Waals surface area contributed by atoms with Crippen LogP contribution in [0.15, 0.2) is 53.5 Å². The van der Waals surface area contributed by atoms with Gasteiger partial charge in [-0.1, -0.05) is 36.4 Å². The van der Waals surface area contributed by atoms with Gasteiger partial charge in [-0.3, -0.25) is 13.9 Å². The molecule has 1 fully saturated rings. The number of anilines is 1. The Bertz CT molecular complexity index is 1530. The maximum absolute atomic E-state index is 14.1. The summed E-state index contributed by atoms with van der Waals surface area (Å²) in [6, 6.07) is 11.3. The molecule has 6 atom stereocenters. The van der Waals surface area contributed by atoms with Crippen LogP contribution in [0.5, 0.6) is 5.75 Å². The van der Waals surface area contributed by atoms with Crippen LogP contribution in [-0.2, 0) is 23.4 Å². The molecule has 1 aliphatic rings. The van der Waals surface area contributed by atoms with Crippen molar-refractivity contribution in [2.24, 2.45) is 0 Å². The molecular formula is C26H32IN4O9P. The number of nitrogen functional groups attached to an aromatic ring is 1. The van der Waals surface area contributed by atoms with Crippen LogP contribution >= 0.6 is 30.3 Å². The first-order valence-electron chi connectivity index (χ1n) is 12.7. The van der Waals surface area contributed by atoms with E-state index < -0.39 is 62.2 Å². The third kappa shape index (κ3) is 6.91. The largest absolute Gasteiger partial charge is 0.462 e. The van der Waals surface area contributed by atoms with Crippen molar-refractivity contribution in [1.82, 2.24) is 14.6 Å². The number of ether oxygens (including phenoxy) is 2. The minimum absolute atomic E-state index is 0.00707. The number of esters is 1. The fourth-order valence-electron chi connectivity index (χ4n) is 4.29. The lowest BCUT2D eigenvalue weighted by Crippen LogP contribution is -2.46. The molecule has 222 valence electrons. The van der Waals surface area contributed by atoms with E-state index in [0.29, 0.717) is 8.96 Å². The van der Waals surface area contributed by atoms with Crippen LogP contribution in [0.2, 0.25) is 0 Å². The Labute approximate surface area is 249 Å². The number of halogens is 1. The SMILES string of the molecule is CC(C)OC(=O)[C@@H](C)NP(=O)(OC[C@H]1OC(n2cc(I)c(N)nc2=O)[C@](C)(O)[C@@H]1O)Oc1cccc2ccccc12. The highest BCUT2D eigenvalue weighted by atomic mass is 127. The van der Waals surface area contributed by atoms with Crippen LogP contribution in [0.3, 0.4) is 0 Å². The summed E-state index contributed by atoms with van der Waals surface area (Å²) < 4.78 is 38.2. The fraction of sp³-hybridized carbons (Fsp3) is 0.423. The molecule has 3 aromatic rings. The van der Waals surface area contributed by atoms with Gasteiger partial charge in [0, 0.05) is 11.6 Å². The van der Waals surface area contributed by atoms with Gasteiger partial charge < -0.3 is 29.9 Å². The maximum atomic E-state index is 14.1. The molecular weight excluding hydrogens is 670 g/mol. The number of rotatable bonds is 10. The molecule has 0 amide bonds. The van der Waals surface area contributed by atoms with Crippen LogP contribution in [-0.4, -0.2) is 62.3 Å². The molecule has 1 aliphatic heterocycles. The summed E-state index contributed by atoms with van der Waals surface area (Å²) in [5.41, 5.74) is 2.93. The number of aliphatic hydroxyl groups is 2. The van der Waals surface area contributed by atoms with Gasteiger partial charge in [0.15, 0.2) is 6.23 Å². The maximum Gasteiger partial charge on any atom is 0.459 e. The number of nitrogens with two attached hydrogens (primary N) is 1. The van der Waals surface area contributed by atoms with E-state index in [1.165, 1.54) is 20.0 Å². The van der Waals surface area contributed by atoms with Gasteiger partial charge >= 0.3 is 19.4 Å². The summed E-state index contributed by atoms with van der Waals surface area (Å²) in [6.07, 6.45) is -3.28. The van der Waals surface area contributed by atoms with E-state index in [2.05, 4.69) is 10.1 Å². The normalized spacial score (nSPS) is 24.7. The third-order valence-electron chi connectivity index (χ3n) is 6.38. The number of aliphatic hydroxyl groups excluding tert-OH is 1. The lowest BCUT2D eigenvalue weighted by atomic mass is 9.96. The zero-order valence-electron chi connectivity index (χ0n) is 22.8. The van der Waals surface area contributed by atoms with Crippen molar-refractivity contribution in [2.75, 3.05) is 12.3 Å². The number of fused-ring (bicyclic) bond motifs is 1. The van der Waals surface area contributed by atoms with Gasteiger partial charge in [-0.05, 0) is 61.7 Å². The number of benzene rings is 2. The van der Waals surface area contributed by atoms with Crippen LogP contribution in [0.1, 0.15) is 33.9 Å². The molecule has 1 saturated heterocycles. The van der Waals surface area contributed by atoms with Crippen molar-refractivity contribution in [3.8, 4) is 5.75 Å². The van der Waals surface area contributed by atoms with E-state index >= 15 is 0 Å². The van der Waals surface area contributed by atoms with Gasteiger partial charge in [0.05, 0.1) is 16.3 Å². The predicted octanol–water partition coefficient (Wildman–Crippen LogP) is 2.73.